The van der Waals surface area contributed by atoms with E-state index in [1.165, 1.54) is 43.5 Å². The van der Waals surface area contributed by atoms with Gasteiger partial charge in [-0.25, -0.2) is 9.79 Å². The van der Waals surface area contributed by atoms with Crippen molar-refractivity contribution in [2.75, 3.05) is 11.8 Å². The van der Waals surface area contributed by atoms with Gasteiger partial charge in [-0.05, 0) is 30.3 Å². The third-order valence-corrected chi connectivity index (χ3v) is 5.88. The predicted octanol–water partition coefficient (Wildman–Crippen LogP) is 4.18. The summed E-state index contributed by atoms with van der Waals surface area (Å²) in [6, 6.07) is 8.46. The van der Waals surface area contributed by atoms with Gasteiger partial charge >= 0.3 is 16.2 Å². The van der Waals surface area contributed by atoms with Gasteiger partial charge in [0.25, 0.3) is 0 Å². The van der Waals surface area contributed by atoms with E-state index in [2.05, 4.69) is 19.8 Å². The number of amidine groups is 1. The summed E-state index contributed by atoms with van der Waals surface area (Å²) in [5.41, 5.74) is 0.978. The molecule has 27 heavy (non-hydrogen) atoms. The Bertz CT molecular complexity index is 1040. The van der Waals surface area contributed by atoms with Gasteiger partial charge in [0.15, 0.2) is 5.17 Å². The molecule has 0 fully saturated rings. The molecular weight excluding hydrogens is 437 g/mol. The van der Waals surface area contributed by atoms with Crippen LogP contribution in [0.2, 0.25) is 10.0 Å². The maximum absolute atomic E-state index is 12.5. The summed E-state index contributed by atoms with van der Waals surface area (Å²) in [5.74, 6) is 0.0532. The first-order valence-corrected chi connectivity index (χ1v) is 10.2. The minimum atomic E-state index is -4.18. The monoisotopic (exact) mass is 447 g/mol. The number of amides is 1. The number of benzene rings is 2. The Labute approximate surface area is 169 Å². The second kappa shape index (κ2) is 7.85. The van der Waals surface area contributed by atoms with Crippen molar-refractivity contribution in [3.8, 4) is 5.75 Å². The van der Waals surface area contributed by atoms with Crippen LogP contribution in [0.3, 0.4) is 0 Å². The summed E-state index contributed by atoms with van der Waals surface area (Å²) in [5, 5.41) is 2.92. The van der Waals surface area contributed by atoms with Crippen LogP contribution in [0.1, 0.15) is 0 Å². The van der Waals surface area contributed by atoms with Crippen LogP contribution in [0.5, 0.6) is 5.75 Å². The summed E-state index contributed by atoms with van der Waals surface area (Å²) in [7, 11) is -2.95. The average molecular weight is 448 g/mol. The number of fused-ring (bicyclic) bond motifs is 1. The Kier molecular flexibility index (Phi) is 5.70. The highest BCUT2D eigenvalue weighted by Gasteiger charge is 2.22. The third-order valence-electron chi connectivity index (χ3n) is 3.21. The van der Waals surface area contributed by atoms with Crippen LogP contribution in [-0.4, -0.2) is 26.8 Å². The number of carbonyl (C=O) groups excluding carboxylic acids is 1. The largest absolute Gasteiger partial charge is 0.453 e. The van der Waals surface area contributed by atoms with E-state index in [-0.39, 0.29) is 25.9 Å². The van der Waals surface area contributed by atoms with Gasteiger partial charge in [0.2, 0.25) is 0 Å². The second-order valence-electron chi connectivity index (χ2n) is 5.03. The number of ether oxygens (including phenoxy) is 1. The zero-order valence-corrected chi connectivity index (χ0v) is 16.7. The van der Waals surface area contributed by atoms with E-state index in [0.29, 0.717) is 11.4 Å². The number of hydrogen-bond acceptors (Lipinski definition) is 8. The quantitative estimate of drug-likeness (QED) is 0.536. The molecule has 3 rings (SSSR count). The number of nitrogens with zero attached hydrogens (tertiary/aromatic N) is 1. The van der Waals surface area contributed by atoms with Crippen LogP contribution in [0.25, 0.3) is 0 Å². The molecule has 0 saturated carbocycles. The van der Waals surface area contributed by atoms with Crippen molar-refractivity contribution in [2.24, 2.45) is 4.99 Å². The average Bonchev–Trinajstić information content (AvgIpc) is 2.63. The van der Waals surface area contributed by atoms with Crippen molar-refractivity contribution < 1.29 is 22.1 Å². The third kappa shape index (κ3) is 4.59. The van der Waals surface area contributed by atoms with Gasteiger partial charge < -0.3 is 13.6 Å². The molecule has 2 N–H and O–H groups in total. The normalized spacial score (nSPS) is 13.1. The molecule has 0 bridgehead atoms. The van der Waals surface area contributed by atoms with E-state index >= 15 is 0 Å². The van der Waals surface area contributed by atoms with Gasteiger partial charge in [-0.3, -0.25) is 5.32 Å². The number of halogens is 2. The number of aliphatic imine (C=N–C) groups is 1. The van der Waals surface area contributed by atoms with Gasteiger partial charge in [-0.15, -0.1) is 0 Å². The molecule has 0 spiro atoms. The molecule has 1 aliphatic rings. The molecule has 0 atom stereocenters. The van der Waals surface area contributed by atoms with Crippen LogP contribution in [0.4, 0.5) is 16.2 Å². The van der Waals surface area contributed by atoms with Crippen LogP contribution in [0, 0.1) is 0 Å². The number of nitrogens with one attached hydrogen (secondary N) is 2. The van der Waals surface area contributed by atoms with Crippen molar-refractivity contribution in [2.45, 2.75) is 4.90 Å². The van der Waals surface area contributed by atoms with Crippen LogP contribution in [0.15, 0.2) is 46.3 Å². The molecule has 142 valence electrons. The minimum Gasteiger partial charge on any atom is -0.453 e. The van der Waals surface area contributed by atoms with Crippen LogP contribution in [-0.2, 0) is 14.9 Å². The Balaban J connectivity index is 1.84. The lowest BCUT2D eigenvalue weighted by Gasteiger charge is -2.17. The standard InChI is InChI=1S/C15H11Cl2N3O5S2/c1-24-15(21)19-14-18-11-5-3-9(7-12(11)20-26-14)25-27(22,23)13-6-8(16)2-4-10(13)17/h2-7,20H,1H3,(H,18,19,21). The lowest BCUT2D eigenvalue weighted by Crippen LogP contribution is -2.29. The highest BCUT2D eigenvalue weighted by atomic mass is 35.5. The number of methoxy groups -OCH3 is 1. The fourth-order valence-electron chi connectivity index (χ4n) is 2.01. The lowest BCUT2D eigenvalue weighted by molar-refractivity contribution is 0.177. The number of hydrogen-bond donors (Lipinski definition) is 2. The Morgan fingerprint density at radius 1 is 1.22 bits per heavy atom. The zero-order valence-electron chi connectivity index (χ0n) is 13.5. The van der Waals surface area contributed by atoms with Gasteiger partial charge in [0, 0.05) is 23.0 Å². The van der Waals surface area contributed by atoms with Gasteiger partial charge in [-0.2, -0.15) is 8.42 Å². The number of alkyl carbamates (subject to hydrolysis) is 1. The van der Waals surface area contributed by atoms with Gasteiger partial charge in [0.1, 0.15) is 10.6 Å². The molecule has 12 heteroatoms. The van der Waals surface area contributed by atoms with Crippen LogP contribution >= 0.6 is 35.1 Å². The molecule has 0 unspecified atom stereocenters. The summed E-state index contributed by atoms with van der Waals surface area (Å²) in [6.07, 6.45) is -0.657. The smallest absolute Gasteiger partial charge is 0.412 e. The molecule has 1 aliphatic heterocycles. The Morgan fingerprint density at radius 3 is 2.74 bits per heavy atom. The minimum absolute atomic E-state index is 0.00540. The number of rotatable bonds is 3. The Hall–Kier alpha value is -2.14. The molecule has 0 aromatic heterocycles. The van der Waals surface area contributed by atoms with E-state index < -0.39 is 16.2 Å². The number of carbonyl (C=O) groups is 1. The fraction of sp³-hybridized carbons (Fsp3) is 0.0667. The highest BCUT2D eigenvalue weighted by Crippen LogP contribution is 2.36. The van der Waals surface area contributed by atoms with Crippen molar-refractivity contribution in [1.29, 1.82) is 0 Å². The molecule has 1 heterocycles. The maximum atomic E-state index is 12.5. The zero-order chi connectivity index (χ0) is 19.6. The summed E-state index contributed by atoms with van der Waals surface area (Å²) in [4.78, 5) is 15.2. The molecule has 1 amide bonds. The molecular formula is C15H11Cl2N3O5S2. The SMILES string of the molecule is COC(=O)NC1=Nc2ccc(OS(=O)(=O)c3cc(Cl)ccc3Cl)cc2NS1. The summed E-state index contributed by atoms with van der Waals surface area (Å²) in [6.45, 7) is 0. The topological polar surface area (TPSA) is 106 Å². The van der Waals surface area contributed by atoms with Gasteiger partial charge in [-0.1, -0.05) is 23.2 Å². The molecule has 2 aromatic carbocycles. The van der Waals surface area contributed by atoms with E-state index in [1.54, 1.807) is 0 Å². The first-order valence-electron chi connectivity index (χ1n) is 7.18. The first-order chi connectivity index (χ1) is 12.8. The highest BCUT2D eigenvalue weighted by molar-refractivity contribution is 8.15. The van der Waals surface area contributed by atoms with Crippen molar-refractivity contribution in [3.63, 3.8) is 0 Å². The predicted molar refractivity (Wildman–Crippen MR) is 105 cm³/mol. The molecule has 0 aliphatic carbocycles. The molecule has 0 radical (unpaired) electrons. The summed E-state index contributed by atoms with van der Waals surface area (Å²) < 4.78 is 37.5. The second-order valence-corrected chi connectivity index (χ2v) is 8.18. The van der Waals surface area contributed by atoms with E-state index in [1.807, 2.05) is 0 Å². The van der Waals surface area contributed by atoms with E-state index in [0.717, 1.165) is 11.9 Å². The summed E-state index contributed by atoms with van der Waals surface area (Å²) >= 11 is 12.8. The van der Waals surface area contributed by atoms with Gasteiger partial charge in [0.05, 0.1) is 23.5 Å². The maximum Gasteiger partial charge on any atom is 0.412 e. The van der Waals surface area contributed by atoms with Crippen molar-refractivity contribution in [3.05, 3.63) is 46.4 Å². The lowest BCUT2D eigenvalue weighted by atomic mass is 10.2. The molecule has 0 saturated heterocycles. The number of anilines is 1. The Morgan fingerprint density at radius 2 is 2.00 bits per heavy atom. The van der Waals surface area contributed by atoms with E-state index in [4.69, 9.17) is 27.4 Å². The molecule has 2 aromatic rings. The van der Waals surface area contributed by atoms with E-state index in [9.17, 15) is 13.2 Å². The first kappa shape index (κ1) is 19.6. The fourth-order valence-corrected chi connectivity index (χ4v) is 4.33. The van der Waals surface area contributed by atoms with Crippen molar-refractivity contribution in [1.82, 2.24) is 5.32 Å². The van der Waals surface area contributed by atoms with Crippen molar-refractivity contribution >= 4 is 67.9 Å². The van der Waals surface area contributed by atoms with Crippen LogP contribution < -0.4 is 14.2 Å². The molecule has 8 nitrogen and oxygen atoms in total.